The maximum Gasteiger partial charge on any atom is 0.255 e. The predicted octanol–water partition coefficient (Wildman–Crippen LogP) is 2.42. The third kappa shape index (κ3) is 2.68. The van der Waals surface area contributed by atoms with Gasteiger partial charge < -0.3 is 20.5 Å². The molecule has 3 rings (SSSR count). The molecule has 6 nitrogen and oxygen atoms in total. The van der Waals surface area contributed by atoms with Gasteiger partial charge in [0.05, 0.1) is 5.02 Å². The maximum atomic E-state index is 12.3. The Bertz CT molecular complexity index is 776. The minimum atomic E-state index is -0.567. The molecule has 1 heterocycles. The first-order valence-corrected chi connectivity index (χ1v) is 6.73. The van der Waals surface area contributed by atoms with Crippen molar-refractivity contribution in [2.24, 2.45) is 5.73 Å². The Kier molecular flexibility index (Phi) is 3.60. The number of benzene rings is 2. The van der Waals surface area contributed by atoms with E-state index in [1.807, 2.05) is 0 Å². The summed E-state index contributed by atoms with van der Waals surface area (Å²) in [7, 11) is 0. The average Bonchev–Trinajstić information content (AvgIpc) is 2.96. The fraction of sp³-hybridized carbons (Fsp3) is 0.0667. The summed E-state index contributed by atoms with van der Waals surface area (Å²) >= 11 is 6.04. The molecule has 0 radical (unpaired) electrons. The van der Waals surface area contributed by atoms with Crippen molar-refractivity contribution in [1.29, 1.82) is 0 Å². The van der Waals surface area contributed by atoms with E-state index >= 15 is 0 Å². The number of nitrogens with two attached hydrogens (primary N) is 1. The second-order valence-corrected chi connectivity index (χ2v) is 5.00. The second-order valence-electron chi connectivity index (χ2n) is 4.59. The van der Waals surface area contributed by atoms with Crippen molar-refractivity contribution in [3.63, 3.8) is 0 Å². The number of primary amides is 1. The van der Waals surface area contributed by atoms with Crippen molar-refractivity contribution in [2.75, 3.05) is 12.1 Å². The van der Waals surface area contributed by atoms with Gasteiger partial charge in [0.1, 0.15) is 0 Å². The molecule has 0 saturated carbocycles. The van der Waals surface area contributed by atoms with E-state index in [-0.39, 0.29) is 12.7 Å². The number of ether oxygens (including phenoxy) is 2. The molecule has 0 atom stereocenters. The van der Waals surface area contributed by atoms with Crippen LogP contribution in [0.25, 0.3) is 0 Å². The van der Waals surface area contributed by atoms with Crippen LogP contribution in [0.2, 0.25) is 5.02 Å². The zero-order valence-electron chi connectivity index (χ0n) is 11.3. The van der Waals surface area contributed by atoms with Gasteiger partial charge in [-0.15, -0.1) is 0 Å². The molecular weight excluding hydrogens is 308 g/mol. The quantitative estimate of drug-likeness (QED) is 0.909. The third-order valence-corrected chi connectivity index (χ3v) is 3.38. The molecule has 2 aromatic rings. The van der Waals surface area contributed by atoms with E-state index in [0.29, 0.717) is 33.3 Å². The lowest BCUT2D eigenvalue weighted by atomic mass is 10.1. The van der Waals surface area contributed by atoms with Crippen LogP contribution in [0.1, 0.15) is 20.7 Å². The summed E-state index contributed by atoms with van der Waals surface area (Å²) in [6.45, 7) is 0.0702. The summed E-state index contributed by atoms with van der Waals surface area (Å²) < 4.78 is 10.4. The fourth-order valence-electron chi connectivity index (χ4n) is 2.05. The summed E-state index contributed by atoms with van der Waals surface area (Å²) in [4.78, 5) is 23.4. The van der Waals surface area contributed by atoms with Gasteiger partial charge in [0.25, 0.3) is 5.91 Å². The first-order chi connectivity index (χ1) is 10.5. The van der Waals surface area contributed by atoms with Crippen LogP contribution in [-0.4, -0.2) is 18.6 Å². The van der Waals surface area contributed by atoms with Gasteiger partial charge in [0.15, 0.2) is 11.5 Å². The molecular formula is C15H11ClN2O4. The van der Waals surface area contributed by atoms with Crippen molar-refractivity contribution in [3.8, 4) is 11.5 Å². The highest BCUT2D eigenvalue weighted by atomic mass is 35.5. The monoisotopic (exact) mass is 318 g/mol. The lowest BCUT2D eigenvalue weighted by Crippen LogP contribution is -2.14. The molecule has 0 aromatic heterocycles. The van der Waals surface area contributed by atoms with Gasteiger partial charge in [-0.3, -0.25) is 9.59 Å². The predicted molar refractivity (Wildman–Crippen MR) is 80.5 cm³/mol. The van der Waals surface area contributed by atoms with Gasteiger partial charge in [-0.1, -0.05) is 17.7 Å². The second kappa shape index (κ2) is 5.57. The molecule has 0 spiro atoms. The Morgan fingerprint density at radius 1 is 1.14 bits per heavy atom. The van der Waals surface area contributed by atoms with Gasteiger partial charge >= 0.3 is 0 Å². The van der Waals surface area contributed by atoms with Crippen LogP contribution in [-0.2, 0) is 0 Å². The van der Waals surface area contributed by atoms with Crippen LogP contribution in [0.3, 0.4) is 0 Å². The summed E-state index contributed by atoms with van der Waals surface area (Å²) in [6, 6.07) is 9.37. The number of nitrogens with one attached hydrogen (secondary N) is 1. The molecule has 1 aliphatic heterocycles. The summed E-state index contributed by atoms with van der Waals surface area (Å²) in [5.41, 5.74) is 6.29. The number of halogens is 1. The molecule has 0 bridgehead atoms. The Labute approximate surface area is 130 Å². The number of fused-ring (bicyclic) bond motifs is 1. The Balaban J connectivity index is 1.85. The molecule has 1 aliphatic rings. The smallest absolute Gasteiger partial charge is 0.255 e. The number of carbonyl (C=O) groups excluding carboxylic acids is 2. The van der Waals surface area contributed by atoms with Crippen molar-refractivity contribution in [3.05, 3.63) is 52.5 Å². The minimum absolute atomic E-state index is 0.0702. The minimum Gasteiger partial charge on any atom is -0.454 e. The highest BCUT2D eigenvalue weighted by Crippen LogP contribution is 2.39. The lowest BCUT2D eigenvalue weighted by Gasteiger charge is -2.08. The number of carbonyl (C=O) groups is 2. The van der Waals surface area contributed by atoms with Gasteiger partial charge in [-0.2, -0.15) is 0 Å². The van der Waals surface area contributed by atoms with Gasteiger partial charge in [-0.05, 0) is 30.3 Å². The Morgan fingerprint density at radius 3 is 2.73 bits per heavy atom. The van der Waals surface area contributed by atoms with Crippen molar-refractivity contribution in [2.45, 2.75) is 0 Å². The van der Waals surface area contributed by atoms with Crippen molar-refractivity contribution in [1.82, 2.24) is 0 Å². The van der Waals surface area contributed by atoms with E-state index < -0.39 is 5.91 Å². The molecule has 2 amide bonds. The van der Waals surface area contributed by atoms with E-state index in [0.717, 1.165) is 0 Å². The topological polar surface area (TPSA) is 90.7 Å². The fourth-order valence-corrected chi connectivity index (χ4v) is 2.32. The van der Waals surface area contributed by atoms with E-state index in [1.165, 1.54) is 12.1 Å². The maximum absolute atomic E-state index is 12.3. The van der Waals surface area contributed by atoms with Gasteiger partial charge in [0.2, 0.25) is 12.7 Å². The van der Waals surface area contributed by atoms with E-state index in [9.17, 15) is 9.59 Å². The standard InChI is InChI=1S/C15H11ClN2O4/c16-11-5-9(6-12-13(11)22-7-21-12)15(20)18-10-3-1-2-8(4-10)14(17)19/h1-6H,7H2,(H2,17,19)(H,18,20). The van der Waals surface area contributed by atoms with E-state index in [4.69, 9.17) is 26.8 Å². The largest absolute Gasteiger partial charge is 0.454 e. The van der Waals surface area contributed by atoms with Crippen LogP contribution >= 0.6 is 11.6 Å². The van der Waals surface area contributed by atoms with Gasteiger partial charge in [-0.25, -0.2) is 0 Å². The number of hydrogen-bond donors (Lipinski definition) is 2. The SMILES string of the molecule is NC(=O)c1cccc(NC(=O)c2cc(Cl)c3c(c2)OCO3)c1. The summed E-state index contributed by atoms with van der Waals surface area (Å²) in [5.74, 6) is -0.110. The number of amides is 2. The first kappa shape index (κ1) is 14.2. The molecule has 2 aromatic carbocycles. The lowest BCUT2D eigenvalue weighted by molar-refractivity contribution is 0.0996. The molecule has 0 unspecified atom stereocenters. The first-order valence-electron chi connectivity index (χ1n) is 6.35. The van der Waals surface area contributed by atoms with Crippen molar-refractivity contribution >= 4 is 29.1 Å². The molecule has 0 saturated heterocycles. The molecule has 112 valence electrons. The summed E-state index contributed by atoms with van der Waals surface area (Å²) in [6.07, 6.45) is 0. The number of anilines is 1. The Hall–Kier alpha value is -2.73. The summed E-state index contributed by atoms with van der Waals surface area (Å²) in [5, 5.41) is 2.97. The van der Waals surface area contributed by atoms with Crippen molar-refractivity contribution < 1.29 is 19.1 Å². The van der Waals surface area contributed by atoms with Crippen LogP contribution in [0.5, 0.6) is 11.5 Å². The van der Waals surface area contributed by atoms with Crippen LogP contribution < -0.4 is 20.5 Å². The average molecular weight is 319 g/mol. The zero-order chi connectivity index (χ0) is 15.7. The highest BCUT2D eigenvalue weighted by molar-refractivity contribution is 6.32. The number of rotatable bonds is 3. The molecule has 0 fully saturated rings. The third-order valence-electron chi connectivity index (χ3n) is 3.09. The zero-order valence-corrected chi connectivity index (χ0v) is 12.0. The Morgan fingerprint density at radius 2 is 1.95 bits per heavy atom. The normalized spacial score (nSPS) is 12.0. The number of hydrogen-bond acceptors (Lipinski definition) is 4. The van der Waals surface area contributed by atoms with Gasteiger partial charge in [0, 0.05) is 16.8 Å². The molecule has 7 heteroatoms. The molecule has 0 aliphatic carbocycles. The van der Waals surface area contributed by atoms with E-state index in [2.05, 4.69) is 5.32 Å². The highest BCUT2D eigenvalue weighted by Gasteiger charge is 2.20. The van der Waals surface area contributed by atoms with E-state index in [1.54, 1.807) is 24.3 Å². The van der Waals surface area contributed by atoms with Crippen LogP contribution in [0.15, 0.2) is 36.4 Å². The van der Waals surface area contributed by atoms with Crippen LogP contribution in [0.4, 0.5) is 5.69 Å². The molecule has 3 N–H and O–H groups in total. The molecule has 22 heavy (non-hydrogen) atoms. The van der Waals surface area contributed by atoms with Crippen LogP contribution in [0, 0.1) is 0 Å².